The number of amides is 1. The predicted octanol–water partition coefficient (Wildman–Crippen LogP) is 5.09. The van der Waals surface area contributed by atoms with Crippen molar-refractivity contribution in [1.29, 1.82) is 0 Å². The molecule has 0 aliphatic carbocycles. The zero-order valence-corrected chi connectivity index (χ0v) is 16.5. The van der Waals surface area contributed by atoms with Crippen molar-refractivity contribution in [2.24, 2.45) is 0 Å². The summed E-state index contributed by atoms with van der Waals surface area (Å²) in [5, 5.41) is 0. The van der Waals surface area contributed by atoms with E-state index in [1.54, 1.807) is 17.0 Å². The van der Waals surface area contributed by atoms with Crippen molar-refractivity contribution in [2.45, 2.75) is 6.18 Å². The fourth-order valence-corrected chi connectivity index (χ4v) is 3.51. The van der Waals surface area contributed by atoms with E-state index in [2.05, 4.69) is 4.98 Å². The van der Waals surface area contributed by atoms with Gasteiger partial charge in [-0.15, -0.1) is 0 Å². The summed E-state index contributed by atoms with van der Waals surface area (Å²) < 4.78 is 45.3. The smallest absolute Gasteiger partial charge is 0.410 e. The third-order valence-electron chi connectivity index (χ3n) is 5.08. The molecule has 0 spiro atoms. The molecule has 0 N–H and O–H groups in total. The van der Waals surface area contributed by atoms with Gasteiger partial charge in [0.2, 0.25) is 0 Å². The molecule has 4 rings (SSSR count). The number of alkyl halides is 3. The Morgan fingerprint density at radius 2 is 1.58 bits per heavy atom. The number of hydrogen-bond acceptors (Lipinski definition) is 4. The van der Waals surface area contributed by atoms with Crippen molar-refractivity contribution in [3.63, 3.8) is 0 Å². The van der Waals surface area contributed by atoms with Gasteiger partial charge in [-0.3, -0.25) is 0 Å². The van der Waals surface area contributed by atoms with E-state index in [9.17, 15) is 18.0 Å². The minimum Gasteiger partial charge on any atom is -0.410 e. The number of carbonyl (C=O) groups is 1. The van der Waals surface area contributed by atoms with Crippen molar-refractivity contribution in [1.82, 2.24) is 9.88 Å². The molecule has 1 amide bonds. The molecule has 160 valence electrons. The number of ether oxygens (including phenoxy) is 1. The minimum absolute atomic E-state index is 0.112. The number of anilines is 1. The fraction of sp³-hybridized carbons (Fsp3) is 0.217. The number of rotatable bonds is 3. The topological polar surface area (TPSA) is 45.7 Å². The minimum atomic E-state index is -4.48. The number of benzene rings is 2. The molecule has 1 fully saturated rings. The molecule has 3 aromatic rings. The summed E-state index contributed by atoms with van der Waals surface area (Å²) in [5.41, 5.74) is 1.15. The van der Waals surface area contributed by atoms with E-state index in [0.29, 0.717) is 5.75 Å². The quantitative estimate of drug-likeness (QED) is 0.584. The fourth-order valence-electron chi connectivity index (χ4n) is 3.51. The Bertz CT molecular complexity index is 1050. The molecule has 0 radical (unpaired) electrons. The highest BCUT2D eigenvalue weighted by Gasteiger charge is 2.36. The van der Waals surface area contributed by atoms with E-state index in [0.717, 1.165) is 17.2 Å². The highest BCUT2D eigenvalue weighted by Crippen LogP contribution is 2.35. The van der Waals surface area contributed by atoms with Crippen LogP contribution < -0.4 is 9.64 Å². The molecule has 8 heteroatoms. The van der Waals surface area contributed by atoms with Gasteiger partial charge in [0.1, 0.15) is 11.6 Å². The molecule has 5 nitrogen and oxygen atoms in total. The highest BCUT2D eigenvalue weighted by molar-refractivity contribution is 5.73. The van der Waals surface area contributed by atoms with Gasteiger partial charge in [-0.1, -0.05) is 42.5 Å². The lowest BCUT2D eigenvalue weighted by Gasteiger charge is -2.35. The average Bonchev–Trinajstić information content (AvgIpc) is 2.79. The molecule has 0 saturated carbocycles. The van der Waals surface area contributed by atoms with Crippen LogP contribution in [-0.4, -0.2) is 42.2 Å². The molecule has 0 bridgehead atoms. The zero-order chi connectivity index (χ0) is 21.8. The Morgan fingerprint density at radius 3 is 2.29 bits per heavy atom. The molecule has 2 aromatic carbocycles. The number of aromatic nitrogens is 1. The van der Waals surface area contributed by atoms with Crippen LogP contribution in [0.4, 0.5) is 23.8 Å². The lowest BCUT2D eigenvalue weighted by Crippen LogP contribution is -2.50. The first kappa shape index (κ1) is 20.7. The Kier molecular flexibility index (Phi) is 5.79. The van der Waals surface area contributed by atoms with Crippen LogP contribution in [-0.2, 0) is 6.18 Å². The van der Waals surface area contributed by atoms with Gasteiger partial charge >= 0.3 is 12.3 Å². The first-order chi connectivity index (χ1) is 14.9. The number of nitrogens with zero attached hydrogens (tertiary/aromatic N) is 3. The van der Waals surface area contributed by atoms with Crippen LogP contribution in [0.1, 0.15) is 5.56 Å². The molecule has 31 heavy (non-hydrogen) atoms. The third-order valence-corrected chi connectivity index (χ3v) is 5.08. The summed E-state index contributed by atoms with van der Waals surface area (Å²) in [6.07, 6.45) is -3.67. The van der Waals surface area contributed by atoms with Gasteiger partial charge in [-0.25, -0.2) is 9.78 Å². The van der Waals surface area contributed by atoms with Gasteiger partial charge in [-0.2, -0.15) is 13.2 Å². The van der Waals surface area contributed by atoms with Crippen LogP contribution in [0.2, 0.25) is 0 Å². The van der Waals surface area contributed by atoms with E-state index >= 15 is 0 Å². The molecule has 1 saturated heterocycles. The largest absolute Gasteiger partial charge is 0.419 e. The summed E-state index contributed by atoms with van der Waals surface area (Å²) in [4.78, 5) is 19.5. The van der Waals surface area contributed by atoms with Gasteiger partial charge < -0.3 is 14.5 Å². The lowest BCUT2D eigenvalue weighted by atomic mass is 10.1. The highest BCUT2D eigenvalue weighted by atomic mass is 19.4. The van der Waals surface area contributed by atoms with Crippen molar-refractivity contribution < 1.29 is 22.7 Å². The normalized spacial score (nSPS) is 14.4. The Balaban J connectivity index is 1.40. The van der Waals surface area contributed by atoms with Crippen LogP contribution in [0.15, 0.2) is 72.9 Å². The molecule has 1 aromatic heterocycles. The second-order valence-electron chi connectivity index (χ2n) is 7.11. The van der Waals surface area contributed by atoms with E-state index in [1.165, 1.54) is 17.2 Å². The molecular weight excluding hydrogens is 407 g/mol. The van der Waals surface area contributed by atoms with Crippen molar-refractivity contribution >= 4 is 11.9 Å². The van der Waals surface area contributed by atoms with Crippen LogP contribution in [0.5, 0.6) is 5.75 Å². The first-order valence-corrected chi connectivity index (χ1v) is 9.81. The summed E-state index contributed by atoms with van der Waals surface area (Å²) in [5.74, 6) is 0.302. The maximum atomic E-state index is 13.3. The Morgan fingerprint density at radius 1 is 0.871 bits per heavy atom. The molecule has 1 aliphatic heterocycles. The van der Waals surface area contributed by atoms with E-state index in [-0.39, 0.29) is 32.0 Å². The Labute approximate surface area is 177 Å². The summed E-state index contributed by atoms with van der Waals surface area (Å²) in [6.45, 7) is 0.953. The van der Waals surface area contributed by atoms with Gasteiger partial charge in [0, 0.05) is 32.4 Å². The summed E-state index contributed by atoms with van der Waals surface area (Å²) in [6, 6.07) is 19.2. The van der Waals surface area contributed by atoms with Gasteiger partial charge in [0.05, 0.1) is 5.56 Å². The molecular formula is C23H20F3N3O2. The van der Waals surface area contributed by atoms with Crippen molar-refractivity contribution in [3.8, 4) is 16.9 Å². The SMILES string of the molecule is O=C(Oc1cccc(-c2ccccc2)c1)N1CCN(c2ncccc2C(F)(F)F)CC1. The van der Waals surface area contributed by atoms with E-state index in [1.807, 2.05) is 42.5 Å². The number of halogens is 3. The third kappa shape index (κ3) is 4.79. The monoisotopic (exact) mass is 427 g/mol. The number of pyridine rings is 1. The van der Waals surface area contributed by atoms with E-state index < -0.39 is 17.8 Å². The summed E-state index contributed by atoms with van der Waals surface area (Å²) in [7, 11) is 0. The van der Waals surface area contributed by atoms with Crippen LogP contribution in [0, 0.1) is 0 Å². The average molecular weight is 427 g/mol. The second kappa shape index (κ2) is 8.67. The zero-order valence-electron chi connectivity index (χ0n) is 16.5. The molecule has 1 aliphatic rings. The molecule has 0 unspecified atom stereocenters. The second-order valence-corrected chi connectivity index (χ2v) is 7.11. The molecule has 2 heterocycles. The van der Waals surface area contributed by atoms with Gasteiger partial charge in [-0.05, 0) is 35.4 Å². The van der Waals surface area contributed by atoms with E-state index in [4.69, 9.17) is 4.74 Å². The van der Waals surface area contributed by atoms with Crippen LogP contribution in [0.25, 0.3) is 11.1 Å². The molecule has 0 atom stereocenters. The standard InChI is InChI=1S/C23H20F3N3O2/c24-23(25,26)20-10-5-11-27-21(20)28-12-14-29(15-13-28)22(30)31-19-9-4-8-18(16-19)17-6-2-1-3-7-17/h1-11,16H,12-15H2. The Hall–Kier alpha value is -3.55. The first-order valence-electron chi connectivity index (χ1n) is 9.81. The number of piperazine rings is 1. The summed E-state index contributed by atoms with van der Waals surface area (Å²) >= 11 is 0. The predicted molar refractivity (Wildman–Crippen MR) is 111 cm³/mol. The maximum absolute atomic E-state index is 13.3. The maximum Gasteiger partial charge on any atom is 0.419 e. The van der Waals surface area contributed by atoms with Crippen LogP contribution >= 0.6 is 0 Å². The lowest BCUT2D eigenvalue weighted by molar-refractivity contribution is -0.137. The van der Waals surface area contributed by atoms with Gasteiger partial charge in [0.15, 0.2) is 0 Å². The van der Waals surface area contributed by atoms with Crippen molar-refractivity contribution in [2.75, 3.05) is 31.1 Å². The van der Waals surface area contributed by atoms with Gasteiger partial charge in [0.25, 0.3) is 0 Å². The van der Waals surface area contributed by atoms with Crippen LogP contribution in [0.3, 0.4) is 0 Å². The van der Waals surface area contributed by atoms with Crippen molar-refractivity contribution in [3.05, 3.63) is 78.5 Å². The number of hydrogen-bond donors (Lipinski definition) is 0. The number of carbonyl (C=O) groups excluding carboxylic acids is 1.